The Hall–Kier alpha value is -3.09. The summed E-state index contributed by atoms with van der Waals surface area (Å²) < 4.78 is 13.0. The lowest BCUT2D eigenvalue weighted by Gasteiger charge is -2.65. The second-order valence-corrected chi connectivity index (χ2v) is 12.8. The smallest absolute Gasteiger partial charge is 0.214 e. The van der Waals surface area contributed by atoms with E-state index in [1.165, 1.54) is 10.1 Å². The van der Waals surface area contributed by atoms with Gasteiger partial charge in [-0.25, -0.2) is 4.98 Å². The van der Waals surface area contributed by atoms with E-state index < -0.39 is 21.2 Å². The maximum atomic E-state index is 6.65. The Balaban J connectivity index is 1.16. The van der Waals surface area contributed by atoms with Gasteiger partial charge in [0.2, 0.25) is 5.88 Å². The van der Waals surface area contributed by atoms with Crippen molar-refractivity contribution in [2.75, 3.05) is 31.1 Å². The number of benzene rings is 3. The third kappa shape index (κ3) is 6.03. The van der Waals surface area contributed by atoms with Crippen LogP contribution in [0.3, 0.4) is 0 Å². The quantitative estimate of drug-likeness (QED) is 0.230. The first-order valence-electron chi connectivity index (χ1n) is 14.8. The van der Waals surface area contributed by atoms with E-state index in [1.54, 1.807) is 40.5 Å². The molecule has 16 radical (unpaired) electrons. The molecule has 5 nitrogen and oxygen atoms in total. The van der Waals surface area contributed by atoms with Gasteiger partial charge in [-0.2, -0.15) is 0 Å². The van der Waals surface area contributed by atoms with Gasteiger partial charge in [0.25, 0.3) is 0 Å². The zero-order valence-electron chi connectivity index (χ0n) is 25.4. The molecule has 0 amide bonds. The molecule has 3 heterocycles. The highest BCUT2D eigenvalue weighted by atomic mass is 32.1. The lowest BCUT2D eigenvalue weighted by molar-refractivity contribution is 0.148. The molecule has 0 aliphatic carbocycles. The van der Waals surface area contributed by atoms with E-state index in [2.05, 4.69) is 33.5 Å². The number of hydrogen-bond acceptors (Lipinski definition) is 6. The van der Waals surface area contributed by atoms with Gasteiger partial charge in [0.05, 0.1) is 52.6 Å². The molecule has 210 valence electrons. The average Bonchev–Trinajstić information content (AvgIpc) is 3.53. The largest absolute Gasteiger partial charge is 0.508 e. The van der Waals surface area contributed by atoms with E-state index in [4.69, 9.17) is 72.2 Å². The normalized spacial score (nSPS) is 15.3. The first-order chi connectivity index (χ1) is 21.8. The van der Waals surface area contributed by atoms with Crippen molar-refractivity contribution in [3.63, 3.8) is 0 Å². The van der Waals surface area contributed by atoms with Crippen molar-refractivity contribution in [3.8, 4) is 11.6 Å². The van der Waals surface area contributed by atoms with Crippen LogP contribution in [0.1, 0.15) is 5.56 Å². The van der Waals surface area contributed by atoms with E-state index in [0.717, 1.165) is 16.6 Å². The first kappa shape index (κ1) is 32.8. The third-order valence-corrected chi connectivity index (χ3v) is 9.65. The number of thiophene rings is 1. The van der Waals surface area contributed by atoms with Crippen molar-refractivity contribution in [2.45, 2.75) is 27.8 Å². The average molecular weight is 602 g/mol. The monoisotopic (exact) mass is 603 g/mol. The van der Waals surface area contributed by atoms with E-state index in [9.17, 15) is 0 Å². The molecule has 6 rings (SSSR count). The van der Waals surface area contributed by atoms with Crippen molar-refractivity contribution in [2.24, 2.45) is 0 Å². The van der Waals surface area contributed by atoms with Crippen molar-refractivity contribution < 1.29 is 9.47 Å². The summed E-state index contributed by atoms with van der Waals surface area (Å²) in [7, 11) is 52.4. The number of rotatable bonds is 10. The summed E-state index contributed by atoms with van der Waals surface area (Å²) in [5.74, 6) is 0.649. The van der Waals surface area contributed by atoms with Crippen LogP contribution in [0.4, 0.5) is 5.69 Å². The number of piperazine rings is 1. The molecule has 1 saturated heterocycles. The summed E-state index contributed by atoms with van der Waals surface area (Å²) in [6, 6.07) is 26.9. The molecule has 5 aromatic rings. The molecule has 0 N–H and O–H groups in total. The van der Waals surface area contributed by atoms with Crippen LogP contribution in [0, 0.1) is 0 Å². The Morgan fingerprint density at radius 1 is 0.739 bits per heavy atom. The Kier molecular flexibility index (Phi) is 8.92. The van der Waals surface area contributed by atoms with Gasteiger partial charge >= 0.3 is 0 Å². The van der Waals surface area contributed by atoms with Crippen LogP contribution < -0.4 is 14.4 Å². The van der Waals surface area contributed by atoms with Gasteiger partial charge in [0.15, 0.2) is 0 Å². The third-order valence-electron chi connectivity index (χ3n) is 8.76. The zero-order valence-corrected chi connectivity index (χ0v) is 26.2. The molecule has 0 unspecified atom stereocenters. The van der Waals surface area contributed by atoms with Crippen molar-refractivity contribution >= 4 is 101 Å². The minimum absolute atomic E-state index is 0.220. The molecule has 0 bridgehead atoms. The fraction of sp³-hybridized carbons (Fsp3) is 0.281. The number of fused-ring (bicyclic) bond motifs is 2. The molecule has 3 aromatic carbocycles. The van der Waals surface area contributed by atoms with Crippen LogP contribution in [0.2, 0.25) is 10.4 Å². The van der Waals surface area contributed by atoms with Gasteiger partial charge in [0.1, 0.15) is 28.0 Å². The minimum atomic E-state index is -2.34. The summed E-state index contributed by atoms with van der Waals surface area (Å²) >= 11 is 1.70. The summed E-state index contributed by atoms with van der Waals surface area (Å²) in [6.45, 7) is 2.43. The van der Waals surface area contributed by atoms with Gasteiger partial charge in [0, 0.05) is 64.9 Å². The summed E-state index contributed by atoms with van der Waals surface area (Å²) in [5.41, 5.74) is 2.71. The van der Waals surface area contributed by atoms with Gasteiger partial charge in [-0.3, -0.25) is 0 Å². The fourth-order valence-corrected chi connectivity index (χ4v) is 6.53. The van der Waals surface area contributed by atoms with E-state index in [1.807, 2.05) is 42.5 Å². The standard InChI is InChI=1S/C32H25B8N3O2S/c33-29(34,31(37,38)43-16-14-42(15-17-43)26-7-4-8-27-24(26)13-18-46-27)30(35,36)32(39,40)45-23-11-9-22-10-12-28(41-25(22)19-23)44-20-21-5-2-1-3-6-21/h1-13,18-19H,14-17,20H2. The molecule has 0 spiro atoms. The Morgan fingerprint density at radius 2 is 1.46 bits per heavy atom. The molecule has 46 heavy (non-hydrogen) atoms. The molecule has 2 aromatic heterocycles. The predicted molar refractivity (Wildman–Crippen MR) is 196 cm³/mol. The van der Waals surface area contributed by atoms with Crippen LogP contribution in [-0.4, -0.2) is 110 Å². The second kappa shape index (κ2) is 12.5. The summed E-state index contributed by atoms with van der Waals surface area (Å²) in [5, 5.41) is -4.74. The SMILES string of the molecule is [B]C([B])(Oc1ccc2ccc(OCc3ccccc3)nc2c1)C([B])([B])C([B])([B])C([B])([B])N1CCN(c2cccc3sccc23)CC1. The zero-order chi connectivity index (χ0) is 32.7. The van der Waals surface area contributed by atoms with E-state index >= 15 is 0 Å². The maximum Gasteiger partial charge on any atom is 0.214 e. The highest BCUT2D eigenvalue weighted by Gasteiger charge is 2.54. The number of nitrogens with zero attached hydrogens (tertiary/aromatic N) is 3. The minimum Gasteiger partial charge on any atom is -0.508 e. The summed E-state index contributed by atoms with van der Waals surface area (Å²) in [4.78, 5) is 8.59. The molecule has 1 fully saturated rings. The van der Waals surface area contributed by atoms with Gasteiger partial charge in [-0.15, -0.1) is 16.6 Å². The number of pyridine rings is 1. The molecule has 1 aliphatic heterocycles. The van der Waals surface area contributed by atoms with Crippen molar-refractivity contribution in [3.05, 3.63) is 95.9 Å². The van der Waals surface area contributed by atoms with E-state index in [-0.39, 0.29) is 5.75 Å². The maximum absolute atomic E-state index is 6.65. The summed E-state index contributed by atoms with van der Waals surface area (Å²) in [6.07, 6.45) is 0. The van der Waals surface area contributed by atoms with Crippen LogP contribution in [0.25, 0.3) is 21.0 Å². The molecule has 1 aliphatic rings. The predicted octanol–water partition coefficient (Wildman–Crippen LogP) is 3.12. The molecular weight excluding hydrogens is 577 g/mol. The number of hydrogen-bond donors (Lipinski definition) is 0. The van der Waals surface area contributed by atoms with Gasteiger partial charge in [-0.05, 0) is 47.3 Å². The number of ether oxygens (including phenoxy) is 2. The van der Waals surface area contributed by atoms with Crippen molar-refractivity contribution in [1.29, 1.82) is 0 Å². The topological polar surface area (TPSA) is 37.8 Å². The lowest BCUT2D eigenvalue weighted by Crippen LogP contribution is -2.70. The van der Waals surface area contributed by atoms with Gasteiger partial charge in [-0.1, -0.05) is 46.9 Å². The first-order valence-corrected chi connectivity index (χ1v) is 15.7. The number of anilines is 1. The fourth-order valence-electron chi connectivity index (χ4n) is 5.72. The highest BCUT2D eigenvalue weighted by Crippen LogP contribution is 2.55. The molecular formula is C32H25B8N3O2S. The van der Waals surface area contributed by atoms with Crippen LogP contribution in [-0.2, 0) is 6.61 Å². The van der Waals surface area contributed by atoms with Gasteiger partial charge < -0.3 is 19.3 Å². The molecule has 0 atom stereocenters. The second-order valence-electron chi connectivity index (χ2n) is 11.8. The molecule has 0 saturated carbocycles. The lowest BCUT2D eigenvalue weighted by atomic mass is 9.14. The van der Waals surface area contributed by atoms with E-state index in [0.29, 0.717) is 44.2 Å². The van der Waals surface area contributed by atoms with Crippen molar-refractivity contribution in [1.82, 2.24) is 9.88 Å². The molecule has 14 heteroatoms. The van der Waals surface area contributed by atoms with Crippen LogP contribution in [0.5, 0.6) is 11.6 Å². The Morgan fingerprint density at radius 3 is 2.20 bits per heavy atom. The number of aromatic nitrogens is 1. The Labute approximate surface area is 285 Å². The Bertz CT molecular complexity index is 1830. The highest BCUT2D eigenvalue weighted by molar-refractivity contribution is 7.17. The van der Waals surface area contributed by atoms with Crippen LogP contribution >= 0.6 is 11.3 Å². The van der Waals surface area contributed by atoms with Crippen LogP contribution in [0.15, 0.2) is 90.3 Å².